The van der Waals surface area contributed by atoms with E-state index >= 15 is 0 Å². The summed E-state index contributed by atoms with van der Waals surface area (Å²) < 4.78 is 5.24. The first kappa shape index (κ1) is 18.8. The molecule has 0 aromatic carbocycles. The molecule has 148 valence electrons. The van der Waals surface area contributed by atoms with Crippen LogP contribution >= 0.6 is 11.8 Å². The first-order valence-corrected chi connectivity index (χ1v) is 11.2. The van der Waals surface area contributed by atoms with Gasteiger partial charge in [0.25, 0.3) is 0 Å². The summed E-state index contributed by atoms with van der Waals surface area (Å²) >= 11 is 1.85. The van der Waals surface area contributed by atoms with Gasteiger partial charge in [-0.25, -0.2) is 0 Å². The van der Waals surface area contributed by atoms with Crippen molar-refractivity contribution in [3.63, 3.8) is 0 Å². The van der Waals surface area contributed by atoms with Crippen molar-refractivity contribution in [2.24, 2.45) is 11.3 Å². The summed E-state index contributed by atoms with van der Waals surface area (Å²) in [7, 11) is 1.40. The third-order valence-corrected chi connectivity index (χ3v) is 7.58. The van der Waals surface area contributed by atoms with E-state index in [1.807, 2.05) is 21.6 Å². The third-order valence-electron chi connectivity index (χ3n) is 6.64. The molecule has 0 N–H and O–H groups in total. The molecule has 0 saturated carbocycles. The van der Waals surface area contributed by atoms with E-state index in [4.69, 9.17) is 4.74 Å². The SMILES string of the molecule is COC(=O)[C@@]12CCCCC3=C1N(CCC3)C(=O)[C@H]2CC(=O)N1CCSCC1. The lowest BCUT2D eigenvalue weighted by Gasteiger charge is -2.35. The Balaban J connectivity index is 1.73. The van der Waals surface area contributed by atoms with Crippen LogP contribution in [-0.2, 0) is 19.1 Å². The van der Waals surface area contributed by atoms with Crippen LogP contribution < -0.4 is 0 Å². The maximum Gasteiger partial charge on any atom is 0.318 e. The number of hydrogen-bond acceptors (Lipinski definition) is 5. The van der Waals surface area contributed by atoms with Crippen LogP contribution in [0.3, 0.4) is 0 Å². The van der Waals surface area contributed by atoms with Gasteiger partial charge in [0.15, 0.2) is 0 Å². The first-order valence-electron chi connectivity index (χ1n) is 10.1. The van der Waals surface area contributed by atoms with E-state index in [0.29, 0.717) is 13.0 Å². The molecule has 6 nitrogen and oxygen atoms in total. The summed E-state index contributed by atoms with van der Waals surface area (Å²) in [6.07, 6.45) is 5.47. The van der Waals surface area contributed by atoms with Crippen molar-refractivity contribution in [1.29, 1.82) is 0 Å². The monoisotopic (exact) mass is 392 g/mol. The van der Waals surface area contributed by atoms with Crippen molar-refractivity contribution < 1.29 is 19.1 Å². The molecule has 2 amide bonds. The maximum absolute atomic E-state index is 13.3. The van der Waals surface area contributed by atoms with Gasteiger partial charge in [-0.05, 0) is 37.7 Å². The molecule has 2 saturated heterocycles. The second-order valence-corrected chi connectivity index (χ2v) is 9.19. The zero-order chi connectivity index (χ0) is 19.0. The standard InChI is InChI=1S/C20H28N2O4S/c1-26-19(25)20-7-3-2-5-14-6-4-8-22(17(14)20)18(24)15(20)13-16(23)21-9-11-27-12-10-21/h15H,2-13H2,1H3/t15-,20-/m1/s1. The van der Waals surface area contributed by atoms with E-state index < -0.39 is 11.3 Å². The highest BCUT2D eigenvalue weighted by Gasteiger charge is 2.63. The number of allylic oxidation sites excluding steroid dienone is 1. The van der Waals surface area contributed by atoms with E-state index in [9.17, 15) is 14.4 Å². The predicted molar refractivity (Wildman–Crippen MR) is 103 cm³/mol. The van der Waals surface area contributed by atoms with Gasteiger partial charge in [0.05, 0.1) is 13.0 Å². The first-order chi connectivity index (χ1) is 13.1. The molecule has 7 heteroatoms. The zero-order valence-corrected chi connectivity index (χ0v) is 16.8. The molecule has 2 atom stereocenters. The van der Waals surface area contributed by atoms with Gasteiger partial charge in [-0.2, -0.15) is 11.8 Å². The van der Waals surface area contributed by atoms with E-state index in [1.54, 1.807) is 0 Å². The molecule has 0 bridgehead atoms. The molecule has 0 spiro atoms. The van der Waals surface area contributed by atoms with Gasteiger partial charge >= 0.3 is 5.97 Å². The van der Waals surface area contributed by atoms with Crippen LogP contribution in [0.1, 0.15) is 44.9 Å². The molecule has 0 aromatic heterocycles. The number of carbonyl (C=O) groups excluding carboxylic acids is 3. The van der Waals surface area contributed by atoms with Crippen LogP contribution in [0, 0.1) is 11.3 Å². The second-order valence-electron chi connectivity index (χ2n) is 7.97. The van der Waals surface area contributed by atoms with Gasteiger partial charge < -0.3 is 14.5 Å². The number of rotatable bonds is 3. The summed E-state index contributed by atoms with van der Waals surface area (Å²) in [6, 6.07) is 0. The van der Waals surface area contributed by atoms with Crippen molar-refractivity contribution in [3.8, 4) is 0 Å². The summed E-state index contributed by atoms with van der Waals surface area (Å²) in [5, 5.41) is 0. The topological polar surface area (TPSA) is 66.9 Å². The smallest absolute Gasteiger partial charge is 0.318 e. The van der Waals surface area contributed by atoms with Crippen molar-refractivity contribution in [2.75, 3.05) is 38.2 Å². The van der Waals surface area contributed by atoms with Gasteiger partial charge in [0, 0.05) is 43.3 Å². The quantitative estimate of drug-likeness (QED) is 0.689. The Bertz CT molecular complexity index is 685. The Hall–Kier alpha value is -1.50. The Morgan fingerprint density at radius 2 is 1.89 bits per heavy atom. The van der Waals surface area contributed by atoms with Crippen molar-refractivity contribution in [2.45, 2.75) is 44.9 Å². The molecule has 4 aliphatic rings. The van der Waals surface area contributed by atoms with E-state index in [2.05, 4.69) is 0 Å². The summed E-state index contributed by atoms with van der Waals surface area (Å²) in [5.41, 5.74) is 1.18. The van der Waals surface area contributed by atoms with Crippen LogP contribution in [0.2, 0.25) is 0 Å². The molecule has 1 aliphatic carbocycles. The fourth-order valence-corrected chi connectivity index (χ4v) is 6.29. The number of nitrogens with zero attached hydrogens (tertiary/aromatic N) is 2. The van der Waals surface area contributed by atoms with Crippen LogP contribution in [0.5, 0.6) is 0 Å². The summed E-state index contributed by atoms with van der Waals surface area (Å²) in [6.45, 7) is 2.11. The Labute approximate surface area is 164 Å². The van der Waals surface area contributed by atoms with Gasteiger partial charge in [-0.3, -0.25) is 14.4 Å². The molecule has 3 heterocycles. The largest absolute Gasteiger partial charge is 0.468 e. The van der Waals surface area contributed by atoms with E-state index in [0.717, 1.165) is 62.4 Å². The van der Waals surface area contributed by atoms with Gasteiger partial charge in [0.2, 0.25) is 11.8 Å². The molecule has 3 aliphatic heterocycles. The average molecular weight is 393 g/mol. The average Bonchev–Trinajstić information content (AvgIpc) is 2.84. The second kappa shape index (κ2) is 7.49. The number of amides is 2. The highest BCUT2D eigenvalue weighted by Crippen LogP contribution is 2.56. The molecular weight excluding hydrogens is 364 g/mol. The number of carbonyl (C=O) groups is 3. The lowest BCUT2D eigenvalue weighted by molar-refractivity contribution is -0.156. The van der Waals surface area contributed by atoms with Crippen molar-refractivity contribution in [1.82, 2.24) is 9.80 Å². The highest BCUT2D eigenvalue weighted by molar-refractivity contribution is 7.99. The maximum atomic E-state index is 13.3. The fraction of sp³-hybridized carbons (Fsp3) is 0.750. The van der Waals surface area contributed by atoms with Crippen LogP contribution in [-0.4, -0.2) is 65.8 Å². The Morgan fingerprint density at radius 3 is 2.63 bits per heavy atom. The number of hydrogen-bond donors (Lipinski definition) is 0. The van der Waals surface area contributed by atoms with Gasteiger partial charge in [0.1, 0.15) is 5.41 Å². The number of esters is 1. The Kier molecular flexibility index (Phi) is 5.23. The molecule has 0 radical (unpaired) electrons. The molecule has 27 heavy (non-hydrogen) atoms. The van der Waals surface area contributed by atoms with E-state index in [-0.39, 0.29) is 24.2 Å². The third kappa shape index (κ3) is 2.98. The van der Waals surface area contributed by atoms with Crippen molar-refractivity contribution in [3.05, 3.63) is 11.3 Å². The van der Waals surface area contributed by atoms with Crippen molar-refractivity contribution >= 4 is 29.5 Å². The lowest BCUT2D eigenvalue weighted by atomic mass is 9.70. The molecule has 0 aromatic rings. The predicted octanol–water partition coefficient (Wildman–Crippen LogP) is 2.19. The van der Waals surface area contributed by atoms with Crippen LogP contribution in [0.4, 0.5) is 0 Å². The zero-order valence-electron chi connectivity index (χ0n) is 16.0. The summed E-state index contributed by atoms with van der Waals surface area (Å²) in [5.74, 6) is 0.884. The number of methoxy groups -OCH3 is 1. The molecular formula is C20H28N2O4S. The van der Waals surface area contributed by atoms with Crippen LogP contribution in [0.25, 0.3) is 0 Å². The molecule has 2 fully saturated rings. The number of ether oxygens (including phenoxy) is 1. The minimum absolute atomic E-state index is 0.00294. The van der Waals surface area contributed by atoms with Gasteiger partial charge in [-0.15, -0.1) is 0 Å². The lowest BCUT2D eigenvalue weighted by Crippen LogP contribution is -2.44. The highest BCUT2D eigenvalue weighted by atomic mass is 32.2. The van der Waals surface area contributed by atoms with Gasteiger partial charge in [-0.1, -0.05) is 6.42 Å². The Morgan fingerprint density at radius 1 is 1.15 bits per heavy atom. The number of thioether (sulfide) groups is 1. The van der Waals surface area contributed by atoms with Crippen LogP contribution in [0.15, 0.2) is 11.3 Å². The van der Waals surface area contributed by atoms with E-state index in [1.165, 1.54) is 12.7 Å². The normalized spacial score (nSPS) is 30.9. The fourth-order valence-electron chi connectivity index (χ4n) is 5.39. The minimum atomic E-state index is -0.960. The summed E-state index contributed by atoms with van der Waals surface area (Å²) in [4.78, 5) is 43.1. The molecule has 4 rings (SSSR count). The molecule has 0 unspecified atom stereocenters. The minimum Gasteiger partial charge on any atom is -0.468 e.